The number of para-hydroxylation sites is 1. The lowest BCUT2D eigenvalue weighted by Gasteiger charge is -2.29. The molecule has 2 aromatic carbocycles. The van der Waals surface area contributed by atoms with Gasteiger partial charge in [-0.1, -0.05) is 48.5 Å². The third kappa shape index (κ3) is 4.40. The Bertz CT molecular complexity index is 755. The number of anilines is 1. The standard InChI is InChI=1S/C19H18F3NO4/c20-19(21,22)17-16(15(24)12-26-11-13-7-3-1-4-8-13)23(18(25)27-17)14-9-5-2-6-10-14/h1-10,15-17,24H,11-12H2/t15-,16-,17+/m1/s1. The first kappa shape index (κ1) is 19.2. The number of alkyl halides is 3. The van der Waals surface area contributed by atoms with E-state index in [2.05, 4.69) is 4.74 Å². The van der Waals surface area contributed by atoms with Gasteiger partial charge in [0.05, 0.1) is 13.2 Å². The maximum atomic E-state index is 13.4. The van der Waals surface area contributed by atoms with E-state index in [9.17, 15) is 23.1 Å². The Kier molecular flexibility index (Phi) is 5.67. The molecule has 0 saturated carbocycles. The Morgan fingerprint density at radius 2 is 1.67 bits per heavy atom. The van der Waals surface area contributed by atoms with Crippen molar-refractivity contribution in [3.8, 4) is 0 Å². The largest absolute Gasteiger partial charge is 0.434 e. The van der Waals surface area contributed by atoms with E-state index < -0.39 is 30.5 Å². The summed E-state index contributed by atoms with van der Waals surface area (Å²) in [5.41, 5.74) is 1.03. The van der Waals surface area contributed by atoms with Crippen molar-refractivity contribution >= 4 is 11.8 Å². The second-order valence-electron chi connectivity index (χ2n) is 6.11. The van der Waals surface area contributed by atoms with E-state index in [-0.39, 0.29) is 18.9 Å². The van der Waals surface area contributed by atoms with Crippen LogP contribution in [0.25, 0.3) is 0 Å². The molecule has 0 bridgehead atoms. The maximum absolute atomic E-state index is 13.4. The molecule has 0 unspecified atom stereocenters. The summed E-state index contributed by atoms with van der Waals surface area (Å²) in [7, 11) is 0. The highest BCUT2D eigenvalue weighted by Gasteiger charge is 2.58. The van der Waals surface area contributed by atoms with Gasteiger partial charge in [-0.2, -0.15) is 13.2 Å². The fraction of sp³-hybridized carbons (Fsp3) is 0.316. The summed E-state index contributed by atoms with van der Waals surface area (Å²) in [4.78, 5) is 12.9. The molecule has 3 atom stereocenters. The smallest absolute Gasteiger partial charge is 0.427 e. The van der Waals surface area contributed by atoms with Crippen molar-refractivity contribution in [2.24, 2.45) is 0 Å². The van der Waals surface area contributed by atoms with Gasteiger partial charge in [0.1, 0.15) is 12.1 Å². The van der Waals surface area contributed by atoms with E-state index in [4.69, 9.17) is 4.74 Å². The molecular formula is C19H18F3NO4. The maximum Gasteiger partial charge on any atom is 0.427 e. The second-order valence-corrected chi connectivity index (χ2v) is 6.11. The van der Waals surface area contributed by atoms with Crippen LogP contribution in [0.15, 0.2) is 60.7 Å². The monoisotopic (exact) mass is 381 g/mol. The van der Waals surface area contributed by atoms with Gasteiger partial charge in [0, 0.05) is 5.69 Å². The summed E-state index contributed by atoms with van der Waals surface area (Å²) in [5, 5.41) is 10.4. The van der Waals surface area contributed by atoms with Gasteiger partial charge < -0.3 is 14.6 Å². The summed E-state index contributed by atoms with van der Waals surface area (Å²) in [6.45, 7) is -0.256. The van der Waals surface area contributed by atoms with Crippen molar-refractivity contribution in [2.45, 2.75) is 31.0 Å². The molecule has 1 aliphatic heterocycles. The van der Waals surface area contributed by atoms with Crippen molar-refractivity contribution < 1.29 is 32.5 Å². The number of amides is 1. The van der Waals surface area contributed by atoms with E-state index in [1.54, 1.807) is 42.5 Å². The molecule has 0 radical (unpaired) electrons. The SMILES string of the molecule is O=C1O[C@H](C(F)(F)F)[C@@H]([C@H](O)COCc2ccccc2)N1c1ccccc1. The molecule has 1 heterocycles. The minimum absolute atomic E-state index is 0.126. The first-order valence-electron chi connectivity index (χ1n) is 8.29. The van der Waals surface area contributed by atoms with Crippen LogP contribution in [0.2, 0.25) is 0 Å². The average Bonchev–Trinajstić information content (AvgIpc) is 3.01. The Balaban J connectivity index is 1.77. The molecule has 3 rings (SSSR count). The van der Waals surface area contributed by atoms with Crippen molar-refractivity contribution in [1.82, 2.24) is 0 Å². The van der Waals surface area contributed by atoms with Crippen LogP contribution in [0.5, 0.6) is 0 Å². The zero-order chi connectivity index (χ0) is 19.4. The Morgan fingerprint density at radius 1 is 1.07 bits per heavy atom. The molecule has 1 aliphatic rings. The van der Waals surface area contributed by atoms with Crippen LogP contribution in [-0.2, 0) is 16.1 Å². The predicted molar refractivity (Wildman–Crippen MR) is 91.1 cm³/mol. The second kappa shape index (κ2) is 7.98. The number of carbonyl (C=O) groups is 1. The van der Waals surface area contributed by atoms with Gasteiger partial charge in [-0.15, -0.1) is 0 Å². The summed E-state index contributed by atoms with van der Waals surface area (Å²) in [5.74, 6) is 0. The number of rotatable bonds is 6. The lowest BCUT2D eigenvalue weighted by molar-refractivity contribution is -0.206. The number of aliphatic hydroxyl groups is 1. The summed E-state index contributed by atoms with van der Waals surface area (Å²) >= 11 is 0. The molecule has 0 spiro atoms. The van der Waals surface area contributed by atoms with Crippen molar-refractivity contribution in [1.29, 1.82) is 0 Å². The van der Waals surface area contributed by atoms with E-state index in [1.807, 2.05) is 6.07 Å². The number of ether oxygens (including phenoxy) is 2. The van der Waals surface area contributed by atoms with Crippen LogP contribution in [0.4, 0.5) is 23.7 Å². The lowest BCUT2D eigenvalue weighted by Crippen LogP contribution is -2.52. The van der Waals surface area contributed by atoms with Gasteiger partial charge in [0.25, 0.3) is 0 Å². The van der Waals surface area contributed by atoms with Crippen molar-refractivity contribution in [2.75, 3.05) is 11.5 Å². The van der Waals surface area contributed by atoms with Crippen LogP contribution >= 0.6 is 0 Å². The van der Waals surface area contributed by atoms with Crippen LogP contribution in [0.3, 0.4) is 0 Å². The highest BCUT2D eigenvalue weighted by atomic mass is 19.4. The molecule has 1 fully saturated rings. The fourth-order valence-electron chi connectivity index (χ4n) is 2.96. The topological polar surface area (TPSA) is 59.0 Å². The van der Waals surface area contributed by atoms with Gasteiger partial charge in [-0.05, 0) is 17.7 Å². The number of nitrogens with zero attached hydrogens (tertiary/aromatic N) is 1. The van der Waals surface area contributed by atoms with Gasteiger partial charge in [-0.25, -0.2) is 4.79 Å². The molecule has 0 aromatic heterocycles. The number of aliphatic hydroxyl groups excluding tert-OH is 1. The van der Waals surface area contributed by atoms with Crippen LogP contribution < -0.4 is 4.90 Å². The van der Waals surface area contributed by atoms with Gasteiger partial charge in [0.15, 0.2) is 0 Å². The number of carbonyl (C=O) groups excluding carboxylic acids is 1. The predicted octanol–water partition coefficient (Wildman–Crippen LogP) is 3.52. The Morgan fingerprint density at radius 3 is 2.26 bits per heavy atom. The normalized spacial score (nSPS) is 21.2. The average molecular weight is 381 g/mol. The van der Waals surface area contributed by atoms with E-state index in [0.717, 1.165) is 10.5 Å². The third-order valence-electron chi connectivity index (χ3n) is 4.18. The molecule has 5 nitrogen and oxygen atoms in total. The molecular weight excluding hydrogens is 363 g/mol. The molecule has 1 N–H and O–H groups in total. The van der Waals surface area contributed by atoms with Crippen LogP contribution in [-0.4, -0.2) is 42.2 Å². The van der Waals surface area contributed by atoms with E-state index in [0.29, 0.717) is 0 Å². The first-order chi connectivity index (χ1) is 12.9. The van der Waals surface area contributed by atoms with Gasteiger partial charge >= 0.3 is 12.3 Å². The number of benzene rings is 2. The molecule has 2 aromatic rings. The number of hydrogen-bond acceptors (Lipinski definition) is 4. The van der Waals surface area contributed by atoms with E-state index >= 15 is 0 Å². The molecule has 0 aliphatic carbocycles. The summed E-state index contributed by atoms with van der Waals surface area (Å²) in [6.07, 6.45) is -10.0. The zero-order valence-electron chi connectivity index (χ0n) is 14.2. The van der Waals surface area contributed by atoms with Crippen LogP contribution in [0, 0.1) is 0 Å². The van der Waals surface area contributed by atoms with Crippen molar-refractivity contribution in [3.63, 3.8) is 0 Å². The first-order valence-corrected chi connectivity index (χ1v) is 8.29. The quantitative estimate of drug-likeness (QED) is 0.832. The highest BCUT2D eigenvalue weighted by molar-refractivity contribution is 5.91. The lowest BCUT2D eigenvalue weighted by atomic mass is 10.0. The summed E-state index contributed by atoms with van der Waals surface area (Å²) in [6, 6.07) is 15.2. The summed E-state index contributed by atoms with van der Waals surface area (Å²) < 4.78 is 50.0. The Labute approximate surface area is 153 Å². The number of hydrogen-bond donors (Lipinski definition) is 1. The minimum Gasteiger partial charge on any atom is -0.434 e. The molecule has 8 heteroatoms. The zero-order valence-corrected chi connectivity index (χ0v) is 14.2. The molecule has 144 valence electrons. The van der Waals surface area contributed by atoms with Crippen molar-refractivity contribution in [3.05, 3.63) is 66.2 Å². The van der Waals surface area contributed by atoms with E-state index in [1.165, 1.54) is 12.1 Å². The molecule has 27 heavy (non-hydrogen) atoms. The fourth-order valence-corrected chi connectivity index (χ4v) is 2.96. The van der Waals surface area contributed by atoms with Crippen LogP contribution in [0.1, 0.15) is 5.56 Å². The van der Waals surface area contributed by atoms with Gasteiger partial charge in [0.2, 0.25) is 6.10 Å². The highest BCUT2D eigenvalue weighted by Crippen LogP contribution is 2.37. The number of halogens is 3. The Hall–Kier alpha value is -2.58. The number of cyclic esters (lactones) is 1. The minimum atomic E-state index is -4.82. The third-order valence-corrected chi connectivity index (χ3v) is 4.18. The molecule has 1 amide bonds. The molecule has 1 saturated heterocycles. The van der Waals surface area contributed by atoms with Gasteiger partial charge in [-0.3, -0.25) is 4.90 Å².